The zero-order valence-electron chi connectivity index (χ0n) is 18.9. The molecule has 4 rings (SSSR count). The smallest absolute Gasteiger partial charge is 0.275 e. The third-order valence-electron chi connectivity index (χ3n) is 5.85. The lowest BCUT2D eigenvalue weighted by Gasteiger charge is -2.18. The van der Waals surface area contributed by atoms with E-state index < -0.39 is 0 Å². The maximum atomic E-state index is 13.4. The summed E-state index contributed by atoms with van der Waals surface area (Å²) in [6.45, 7) is 6.43. The number of rotatable bonds is 8. The minimum Gasteiger partial charge on any atom is -0.376 e. The van der Waals surface area contributed by atoms with Crippen molar-refractivity contribution in [3.8, 4) is 0 Å². The van der Waals surface area contributed by atoms with E-state index in [4.69, 9.17) is 4.74 Å². The van der Waals surface area contributed by atoms with Gasteiger partial charge < -0.3 is 9.64 Å². The molecule has 0 radical (unpaired) electrons. The van der Waals surface area contributed by atoms with Crippen molar-refractivity contribution in [2.45, 2.75) is 45.8 Å². The van der Waals surface area contributed by atoms with Crippen molar-refractivity contribution in [3.05, 3.63) is 76.2 Å². The SMILES string of the molecule is CC(C)Cn1nc(C(=O)N2CC[C@@H](OCCCc3ccccc3)C2)c2ccccc2c1=O. The van der Waals surface area contributed by atoms with Gasteiger partial charge in [0, 0.05) is 31.6 Å². The Labute approximate surface area is 188 Å². The topological polar surface area (TPSA) is 64.4 Å². The zero-order valence-corrected chi connectivity index (χ0v) is 18.9. The molecule has 1 aliphatic rings. The fraction of sp³-hybridized carbons (Fsp3) is 0.423. The van der Waals surface area contributed by atoms with Gasteiger partial charge >= 0.3 is 0 Å². The molecule has 1 saturated heterocycles. The van der Waals surface area contributed by atoms with E-state index in [0.717, 1.165) is 19.3 Å². The molecule has 0 spiro atoms. The van der Waals surface area contributed by atoms with E-state index in [9.17, 15) is 9.59 Å². The van der Waals surface area contributed by atoms with Crippen LogP contribution in [0.3, 0.4) is 0 Å². The summed E-state index contributed by atoms with van der Waals surface area (Å²) in [6, 6.07) is 17.6. The van der Waals surface area contributed by atoms with Gasteiger partial charge in [-0.15, -0.1) is 0 Å². The average molecular weight is 434 g/mol. The summed E-state index contributed by atoms with van der Waals surface area (Å²) in [7, 11) is 0. The molecule has 2 heterocycles. The van der Waals surface area contributed by atoms with Crippen LogP contribution in [0.15, 0.2) is 59.4 Å². The summed E-state index contributed by atoms with van der Waals surface area (Å²) in [6.07, 6.45) is 2.81. The fourth-order valence-corrected chi connectivity index (χ4v) is 4.23. The molecule has 0 unspecified atom stereocenters. The van der Waals surface area contributed by atoms with Gasteiger partial charge in [0.05, 0.1) is 11.5 Å². The lowest BCUT2D eigenvalue weighted by molar-refractivity contribution is 0.0522. The summed E-state index contributed by atoms with van der Waals surface area (Å²) in [4.78, 5) is 28.0. The van der Waals surface area contributed by atoms with Crippen LogP contribution >= 0.6 is 0 Å². The fourth-order valence-electron chi connectivity index (χ4n) is 4.23. The highest BCUT2D eigenvalue weighted by atomic mass is 16.5. The van der Waals surface area contributed by atoms with Crippen LogP contribution in [0, 0.1) is 5.92 Å². The number of likely N-dealkylation sites (tertiary alicyclic amines) is 1. The standard InChI is InChI=1S/C26H31N3O3/c1-19(2)17-29-25(30)23-13-7-6-12-22(23)24(27-29)26(31)28-15-14-21(18-28)32-16-8-11-20-9-4-3-5-10-20/h3-7,9-10,12-13,19,21H,8,11,14-18H2,1-2H3/t21-/m1/s1. The Balaban J connectivity index is 1.42. The minimum absolute atomic E-state index is 0.0440. The van der Waals surface area contributed by atoms with Gasteiger partial charge in [0.1, 0.15) is 0 Å². The van der Waals surface area contributed by atoms with E-state index in [1.54, 1.807) is 11.0 Å². The molecule has 0 saturated carbocycles. The molecule has 0 N–H and O–H groups in total. The third-order valence-corrected chi connectivity index (χ3v) is 5.85. The molecule has 1 aromatic heterocycles. The van der Waals surface area contributed by atoms with Gasteiger partial charge in [-0.3, -0.25) is 9.59 Å². The van der Waals surface area contributed by atoms with Crippen LogP contribution in [0.2, 0.25) is 0 Å². The lowest BCUT2D eigenvalue weighted by Crippen LogP contribution is -2.34. The van der Waals surface area contributed by atoms with Crippen LogP contribution in [0.1, 0.15) is 42.7 Å². The number of carbonyl (C=O) groups excluding carboxylic acids is 1. The highest BCUT2D eigenvalue weighted by molar-refractivity contribution is 6.04. The van der Waals surface area contributed by atoms with Crippen LogP contribution in [-0.4, -0.2) is 46.4 Å². The van der Waals surface area contributed by atoms with Gasteiger partial charge in [-0.05, 0) is 36.8 Å². The first-order chi connectivity index (χ1) is 15.5. The van der Waals surface area contributed by atoms with Crippen LogP contribution in [0.25, 0.3) is 10.8 Å². The van der Waals surface area contributed by atoms with E-state index in [2.05, 4.69) is 29.4 Å². The molecular weight excluding hydrogens is 402 g/mol. The average Bonchev–Trinajstić information content (AvgIpc) is 3.28. The van der Waals surface area contributed by atoms with E-state index in [1.165, 1.54) is 10.2 Å². The van der Waals surface area contributed by atoms with Crippen molar-refractivity contribution >= 4 is 16.7 Å². The predicted octanol–water partition coefficient (Wildman–Crippen LogP) is 3.92. The van der Waals surface area contributed by atoms with E-state index in [-0.39, 0.29) is 23.5 Å². The molecule has 1 amide bonds. The molecular formula is C26H31N3O3. The molecule has 0 aliphatic carbocycles. The lowest BCUT2D eigenvalue weighted by atomic mass is 10.1. The number of aromatic nitrogens is 2. The molecule has 2 aromatic carbocycles. The van der Waals surface area contributed by atoms with Crippen molar-refractivity contribution in [1.29, 1.82) is 0 Å². The molecule has 3 aromatic rings. The van der Waals surface area contributed by atoms with Crippen molar-refractivity contribution < 1.29 is 9.53 Å². The second kappa shape index (κ2) is 10.1. The Morgan fingerprint density at radius 2 is 1.81 bits per heavy atom. The van der Waals surface area contributed by atoms with Crippen LogP contribution < -0.4 is 5.56 Å². The van der Waals surface area contributed by atoms with E-state index in [1.807, 2.05) is 38.1 Å². The minimum atomic E-state index is -0.146. The van der Waals surface area contributed by atoms with Crippen molar-refractivity contribution in [2.75, 3.05) is 19.7 Å². The number of fused-ring (bicyclic) bond motifs is 1. The summed E-state index contributed by atoms with van der Waals surface area (Å²) >= 11 is 0. The summed E-state index contributed by atoms with van der Waals surface area (Å²) < 4.78 is 7.49. The highest BCUT2D eigenvalue weighted by Gasteiger charge is 2.30. The van der Waals surface area contributed by atoms with Gasteiger partial charge in [0.25, 0.3) is 11.5 Å². The van der Waals surface area contributed by atoms with Crippen molar-refractivity contribution in [1.82, 2.24) is 14.7 Å². The van der Waals surface area contributed by atoms with Crippen LogP contribution in [0.5, 0.6) is 0 Å². The molecule has 1 aliphatic heterocycles. The molecule has 6 heteroatoms. The molecule has 168 valence electrons. The largest absolute Gasteiger partial charge is 0.376 e. The number of hydrogen-bond donors (Lipinski definition) is 0. The highest BCUT2D eigenvalue weighted by Crippen LogP contribution is 2.20. The van der Waals surface area contributed by atoms with Gasteiger partial charge in [-0.2, -0.15) is 5.10 Å². The molecule has 32 heavy (non-hydrogen) atoms. The van der Waals surface area contributed by atoms with Gasteiger partial charge in [-0.1, -0.05) is 62.4 Å². The van der Waals surface area contributed by atoms with Gasteiger partial charge in [0.15, 0.2) is 5.69 Å². The normalized spacial score (nSPS) is 16.2. The van der Waals surface area contributed by atoms with Crippen molar-refractivity contribution in [2.24, 2.45) is 5.92 Å². The molecule has 1 atom stereocenters. The third kappa shape index (κ3) is 5.07. The summed E-state index contributed by atoms with van der Waals surface area (Å²) in [5.41, 5.74) is 1.52. The maximum Gasteiger partial charge on any atom is 0.275 e. The number of nitrogens with zero attached hydrogens (tertiary/aromatic N) is 3. The zero-order chi connectivity index (χ0) is 22.5. The van der Waals surface area contributed by atoms with Crippen LogP contribution in [0.4, 0.5) is 0 Å². The van der Waals surface area contributed by atoms with Gasteiger partial charge in [-0.25, -0.2) is 4.68 Å². The predicted molar refractivity (Wildman–Crippen MR) is 126 cm³/mol. The van der Waals surface area contributed by atoms with E-state index >= 15 is 0 Å². The Morgan fingerprint density at radius 1 is 1.09 bits per heavy atom. The monoisotopic (exact) mass is 433 g/mol. The van der Waals surface area contributed by atoms with E-state index in [0.29, 0.717) is 42.7 Å². The van der Waals surface area contributed by atoms with Gasteiger partial charge in [0.2, 0.25) is 0 Å². The van der Waals surface area contributed by atoms with Crippen molar-refractivity contribution in [3.63, 3.8) is 0 Å². The summed E-state index contributed by atoms with van der Waals surface area (Å²) in [5, 5.41) is 5.65. The quantitative estimate of drug-likeness (QED) is 0.505. The number of carbonyl (C=O) groups is 1. The Kier molecular flexibility index (Phi) is 7.00. The van der Waals surface area contributed by atoms with Crippen LogP contribution in [-0.2, 0) is 17.7 Å². The first kappa shape index (κ1) is 22.2. The first-order valence-electron chi connectivity index (χ1n) is 11.5. The second-order valence-electron chi connectivity index (χ2n) is 8.90. The Morgan fingerprint density at radius 3 is 2.56 bits per heavy atom. The number of benzene rings is 2. The Bertz CT molecular complexity index is 1120. The number of hydrogen-bond acceptors (Lipinski definition) is 4. The second-order valence-corrected chi connectivity index (χ2v) is 8.90. The first-order valence-corrected chi connectivity index (χ1v) is 11.5. The maximum absolute atomic E-state index is 13.4. The molecule has 6 nitrogen and oxygen atoms in total. The molecule has 1 fully saturated rings. The number of ether oxygens (including phenoxy) is 1. The number of aryl methyl sites for hydroxylation is 1. The molecule has 0 bridgehead atoms. The Hall–Kier alpha value is -2.99. The number of amides is 1. The summed E-state index contributed by atoms with van der Waals surface area (Å²) in [5.74, 6) is 0.124.